The maximum Gasteiger partial charge on any atom is 0.305 e. The molecule has 2 aliphatic rings. The maximum atomic E-state index is 11.4. The smallest absolute Gasteiger partial charge is 0.305 e. The Kier molecular flexibility index (Phi) is 5.42. The number of hydrogen-bond acceptors (Lipinski definition) is 9. The molecule has 4 rings (SSSR count). The molecule has 2 aromatic heterocycles. The number of esters is 1. The number of hydrogen-bond donors (Lipinski definition) is 3. The Labute approximate surface area is 161 Å². The molecule has 1 aliphatic carbocycles. The van der Waals surface area contributed by atoms with Crippen molar-refractivity contribution < 1.29 is 24.5 Å². The number of anilines is 1. The van der Waals surface area contributed by atoms with Crippen LogP contribution in [0.5, 0.6) is 0 Å². The summed E-state index contributed by atoms with van der Waals surface area (Å²) in [5.74, 6) is 0.259. The molecule has 3 heterocycles. The molecule has 28 heavy (non-hydrogen) atoms. The molecule has 2 fully saturated rings. The van der Waals surface area contributed by atoms with Gasteiger partial charge in [-0.05, 0) is 12.8 Å². The van der Waals surface area contributed by atoms with E-state index in [1.165, 1.54) is 25.5 Å². The summed E-state index contributed by atoms with van der Waals surface area (Å²) in [7, 11) is 0. The summed E-state index contributed by atoms with van der Waals surface area (Å²) in [6.45, 7) is 1.55. The van der Waals surface area contributed by atoms with Crippen molar-refractivity contribution in [2.45, 2.75) is 69.6 Å². The molecule has 152 valence electrons. The van der Waals surface area contributed by atoms with Crippen LogP contribution in [0.3, 0.4) is 0 Å². The van der Waals surface area contributed by atoms with Crippen molar-refractivity contribution in [1.29, 1.82) is 0 Å². The van der Waals surface area contributed by atoms with Crippen LogP contribution in [0, 0.1) is 0 Å². The third-order valence-electron chi connectivity index (χ3n) is 5.36. The number of carbonyl (C=O) groups is 1. The highest BCUT2D eigenvalue weighted by atomic mass is 16.6. The largest absolute Gasteiger partial charge is 0.463 e. The Morgan fingerprint density at radius 3 is 2.82 bits per heavy atom. The van der Waals surface area contributed by atoms with Crippen molar-refractivity contribution in [2.24, 2.45) is 0 Å². The second-order valence-electron chi connectivity index (χ2n) is 7.25. The van der Waals surface area contributed by atoms with E-state index in [-0.39, 0.29) is 13.0 Å². The highest BCUT2D eigenvalue weighted by Crippen LogP contribution is 2.33. The Bertz CT molecular complexity index is 837. The fourth-order valence-electron chi connectivity index (χ4n) is 3.78. The van der Waals surface area contributed by atoms with Gasteiger partial charge in [-0.25, -0.2) is 15.0 Å². The summed E-state index contributed by atoms with van der Waals surface area (Å²) in [6, 6.07) is 0.371. The summed E-state index contributed by atoms with van der Waals surface area (Å²) in [5, 5.41) is 24.2. The summed E-state index contributed by atoms with van der Waals surface area (Å²) in [4.78, 5) is 24.3. The number of nitrogens with one attached hydrogen (secondary N) is 1. The minimum Gasteiger partial charge on any atom is -0.463 e. The molecule has 1 saturated carbocycles. The summed E-state index contributed by atoms with van der Waals surface area (Å²) >= 11 is 0. The Hall–Kier alpha value is -2.30. The van der Waals surface area contributed by atoms with Gasteiger partial charge >= 0.3 is 5.97 Å². The minimum absolute atomic E-state index is 0.127. The van der Waals surface area contributed by atoms with Crippen molar-refractivity contribution in [3.8, 4) is 0 Å². The van der Waals surface area contributed by atoms with E-state index >= 15 is 0 Å². The second-order valence-corrected chi connectivity index (χ2v) is 7.25. The first-order valence-electron chi connectivity index (χ1n) is 9.69. The van der Waals surface area contributed by atoms with Crippen molar-refractivity contribution in [2.75, 3.05) is 11.9 Å². The van der Waals surface area contributed by atoms with Crippen LogP contribution < -0.4 is 5.32 Å². The normalized spacial score (nSPS) is 28.1. The van der Waals surface area contributed by atoms with Crippen LogP contribution in [-0.4, -0.2) is 66.7 Å². The average molecular weight is 391 g/mol. The number of nitrogens with zero attached hydrogens (tertiary/aromatic N) is 4. The molecule has 10 nitrogen and oxygen atoms in total. The number of aliphatic hydroxyl groups is 2. The molecule has 1 saturated heterocycles. The Balaban J connectivity index is 1.54. The van der Waals surface area contributed by atoms with Gasteiger partial charge in [0.25, 0.3) is 0 Å². The highest BCUT2D eigenvalue weighted by molar-refractivity contribution is 5.82. The molecule has 0 radical (unpaired) electrons. The van der Waals surface area contributed by atoms with Crippen molar-refractivity contribution in [3.63, 3.8) is 0 Å². The number of fused-ring (bicyclic) bond motifs is 1. The van der Waals surface area contributed by atoms with E-state index in [9.17, 15) is 15.0 Å². The van der Waals surface area contributed by atoms with Gasteiger partial charge in [0.2, 0.25) is 0 Å². The van der Waals surface area contributed by atoms with Crippen molar-refractivity contribution >= 4 is 23.0 Å². The molecule has 1 aliphatic heterocycles. The van der Waals surface area contributed by atoms with Crippen LogP contribution in [0.4, 0.5) is 5.82 Å². The zero-order valence-electron chi connectivity index (χ0n) is 15.7. The fraction of sp³-hybridized carbons (Fsp3) is 0.667. The van der Waals surface area contributed by atoms with E-state index in [0.29, 0.717) is 23.0 Å². The molecule has 2 aromatic rings. The lowest BCUT2D eigenvalue weighted by atomic mass is 10.1. The topological polar surface area (TPSA) is 132 Å². The lowest BCUT2D eigenvalue weighted by Gasteiger charge is -2.17. The predicted octanol–water partition coefficient (Wildman–Crippen LogP) is 0.753. The monoisotopic (exact) mass is 391 g/mol. The van der Waals surface area contributed by atoms with Gasteiger partial charge in [0, 0.05) is 12.5 Å². The molecule has 10 heteroatoms. The van der Waals surface area contributed by atoms with Gasteiger partial charge in [-0.2, -0.15) is 0 Å². The van der Waals surface area contributed by atoms with Crippen LogP contribution in [0.2, 0.25) is 0 Å². The van der Waals surface area contributed by atoms with E-state index in [1.807, 2.05) is 0 Å². The SMILES string of the molecule is CCC(=O)OCC1O[C@@H](n2cnc3c(NC4CCCC4)ncnc32)[C@H](O)[C@@H]1O. The van der Waals surface area contributed by atoms with Gasteiger partial charge in [0.05, 0.1) is 6.33 Å². The van der Waals surface area contributed by atoms with E-state index in [4.69, 9.17) is 9.47 Å². The van der Waals surface area contributed by atoms with E-state index < -0.39 is 30.5 Å². The number of aromatic nitrogens is 4. The number of carbonyl (C=O) groups excluding carboxylic acids is 1. The van der Waals surface area contributed by atoms with Gasteiger partial charge in [0.1, 0.15) is 31.2 Å². The zero-order chi connectivity index (χ0) is 19.7. The Morgan fingerprint density at radius 2 is 2.07 bits per heavy atom. The number of aliphatic hydroxyl groups excluding tert-OH is 2. The molecule has 0 bridgehead atoms. The zero-order valence-corrected chi connectivity index (χ0v) is 15.7. The lowest BCUT2D eigenvalue weighted by molar-refractivity contribution is -0.149. The van der Waals surface area contributed by atoms with E-state index in [0.717, 1.165) is 12.8 Å². The predicted molar refractivity (Wildman–Crippen MR) is 98.4 cm³/mol. The van der Waals surface area contributed by atoms with Crippen LogP contribution in [0.25, 0.3) is 11.2 Å². The molecule has 0 spiro atoms. The minimum atomic E-state index is -1.20. The molecule has 3 N–H and O–H groups in total. The molecule has 0 aromatic carbocycles. The summed E-state index contributed by atoms with van der Waals surface area (Å²) in [5.41, 5.74) is 1.08. The number of ether oxygens (including phenoxy) is 2. The average Bonchev–Trinajstić information content (AvgIpc) is 3.42. The molecular weight excluding hydrogens is 366 g/mol. The van der Waals surface area contributed by atoms with Crippen molar-refractivity contribution in [1.82, 2.24) is 19.5 Å². The third kappa shape index (κ3) is 3.54. The molecule has 0 amide bonds. The van der Waals surface area contributed by atoms with Crippen molar-refractivity contribution in [3.05, 3.63) is 12.7 Å². The van der Waals surface area contributed by atoms with Crippen LogP contribution >= 0.6 is 0 Å². The fourth-order valence-corrected chi connectivity index (χ4v) is 3.78. The number of rotatable bonds is 6. The van der Waals surface area contributed by atoms with Gasteiger partial charge in [-0.1, -0.05) is 19.8 Å². The lowest BCUT2D eigenvalue weighted by Crippen LogP contribution is -2.34. The number of imidazole rings is 1. The first kappa shape index (κ1) is 19.0. The van der Waals surface area contributed by atoms with Gasteiger partial charge in [-0.3, -0.25) is 9.36 Å². The quantitative estimate of drug-likeness (QED) is 0.610. The Morgan fingerprint density at radius 1 is 1.29 bits per heavy atom. The highest BCUT2D eigenvalue weighted by Gasteiger charge is 2.45. The molecule has 4 atom stereocenters. The maximum absolute atomic E-state index is 11.4. The summed E-state index contributed by atoms with van der Waals surface area (Å²) < 4.78 is 12.4. The third-order valence-corrected chi connectivity index (χ3v) is 5.36. The first-order valence-corrected chi connectivity index (χ1v) is 9.69. The molecule has 1 unspecified atom stereocenters. The van der Waals surface area contributed by atoms with Gasteiger partial charge in [0.15, 0.2) is 23.2 Å². The van der Waals surface area contributed by atoms with Crippen LogP contribution in [0.1, 0.15) is 45.3 Å². The van der Waals surface area contributed by atoms with E-state index in [1.54, 1.807) is 11.5 Å². The van der Waals surface area contributed by atoms with Gasteiger partial charge < -0.3 is 25.0 Å². The van der Waals surface area contributed by atoms with Crippen LogP contribution in [0.15, 0.2) is 12.7 Å². The molecular formula is C18H25N5O5. The van der Waals surface area contributed by atoms with Crippen LogP contribution in [-0.2, 0) is 14.3 Å². The first-order chi connectivity index (χ1) is 13.6. The van der Waals surface area contributed by atoms with Gasteiger partial charge in [-0.15, -0.1) is 0 Å². The standard InChI is InChI=1S/C18H25N5O5/c1-2-12(24)27-7-11-14(25)15(26)18(28-11)23-9-21-13-16(19-8-20-17(13)23)22-10-5-3-4-6-10/h8-11,14-15,18,25-26H,2-7H2,1H3,(H,19,20,22)/t11?,14-,15-,18-/m1/s1. The second kappa shape index (κ2) is 7.98. The van der Waals surface area contributed by atoms with E-state index in [2.05, 4.69) is 20.3 Å². The summed E-state index contributed by atoms with van der Waals surface area (Å²) in [6.07, 6.45) is 3.67.